The summed E-state index contributed by atoms with van der Waals surface area (Å²) in [6.07, 6.45) is 14.1. The van der Waals surface area contributed by atoms with Crippen LogP contribution in [-0.2, 0) is 9.53 Å². The normalized spacial score (nSPS) is 23.1. The molecule has 0 amide bonds. The number of carbonyl (C=O) groups excluding carboxylic acids is 1. The number of rotatable bonds is 12. The third-order valence-corrected chi connectivity index (χ3v) is 4.18. The maximum Gasteiger partial charge on any atom is 0.313 e. The summed E-state index contributed by atoms with van der Waals surface area (Å²) in [7, 11) is 0. The minimum Gasteiger partial charge on any atom is -0.461 e. The molecule has 0 aromatic heterocycles. The highest BCUT2D eigenvalue weighted by atomic mass is 16.6. The number of allylic oxidation sites excluding steroid dienone is 2. The van der Waals surface area contributed by atoms with Crippen LogP contribution in [0.1, 0.15) is 78.1 Å². The summed E-state index contributed by atoms with van der Waals surface area (Å²) in [6.45, 7) is 4.34. The third-order valence-electron chi connectivity index (χ3n) is 4.18. The largest absolute Gasteiger partial charge is 0.461 e. The molecule has 0 aromatic carbocycles. The lowest BCUT2D eigenvalue weighted by molar-refractivity contribution is -0.188. The molecule has 0 radical (unpaired) electrons. The van der Waals surface area contributed by atoms with Crippen LogP contribution in [0, 0.1) is 5.92 Å². The SMILES string of the molecule is CCC/C=C/CC[C@@H](O)C[C@@H]1OC(=O)[C@H]1CCCCCC. The van der Waals surface area contributed by atoms with Gasteiger partial charge in [-0.15, -0.1) is 0 Å². The van der Waals surface area contributed by atoms with Crippen LogP contribution in [0.4, 0.5) is 0 Å². The molecule has 122 valence electrons. The molecular formula is C18H32O3. The topological polar surface area (TPSA) is 46.5 Å². The van der Waals surface area contributed by atoms with E-state index < -0.39 is 0 Å². The zero-order chi connectivity index (χ0) is 15.5. The van der Waals surface area contributed by atoms with E-state index in [0.29, 0.717) is 6.42 Å². The zero-order valence-corrected chi connectivity index (χ0v) is 13.7. The highest BCUT2D eigenvalue weighted by molar-refractivity contribution is 5.78. The molecule has 1 rings (SSSR count). The Morgan fingerprint density at radius 1 is 1.14 bits per heavy atom. The van der Waals surface area contributed by atoms with Crippen molar-refractivity contribution < 1.29 is 14.6 Å². The maximum atomic E-state index is 11.5. The number of hydrogen-bond donors (Lipinski definition) is 1. The Morgan fingerprint density at radius 2 is 1.90 bits per heavy atom. The second-order valence-electron chi connectivity index (χ2n) is 6.16. The van der Waals surface area contributed by atoms with Gasteiger partial charge in [0.25, 0.3) is 0 Å². The van der Waals surface area contributed by atoms with Crippen LogP contribution in [-0.4, -0.2) is 23.3 Å². The van der Waals surface area contributed by atoms with E-state index >= 15 is 0 Å². The van der Waals surface area contributed by atoms with E-state index in [0.717, 1.165) is 38.5 Å². The number of cyclic esters (lactones) is 1. The molecule has 1 N–H and O–H groups in total. The van der Waals surface area contributed by atoms with Crippen molar-refractivity contribution >= 4 is 5.97 Å². The van der Waals surface area contributed by atoms with E-state index in [-0.39, 0.29) is 24.1 Å². The highest BCUT2D eigenvalue weighted by Crippen LogP contribution is 2.31. The molecule has 0 spiro atoms. The Morgan fingerprint density at radius 3 is 2.57 bits per heavy atom. The Bertz CT molecular complexity index is 312. The van der Waals surface area contributed by atoms with Crippen LogP contribution in [0.2, 0.25) is 0 Å². The number of ether oxygens (including phenoxy) is 1. The van der Waals surface area contributed by atoms with Gasteiger partial charge in [-0.2, -0.15) is 0 Å². The number of carbonyl (C=O) groups is 1. The Balaban J connectivity index is 2.16. The third kappa shape index (κ3) is 7.12. The van der Waals surface area contributed by atoms with Gasteiger partial charge >= 0.3 is 5.97 Å². The molecule has 21 heavy (non-hydrogen) atoms. The molecule has 0 saturated carbocycles. The van der Waals surface area contributed by atoms with Gasteiger partial charge in [0, 0.05) is 6.42 Å². The first kappa shape index (κ1) is 18.2. The van der Waals surface area contributed by atoms with Crippen molar-refractivity contribution in [3.05, 3.63) is 12.2 Å². The maximum absolute atomic E-state index is 11.5. The lowest BCUT2D eigenvalue weighted by atomic mass is 9.87. The average Bonchev–Trinajstić information content (AvgIpc) is 2.46. The van der Waals surface area contributed by atoms with E-state index in [4.69, 9.17) is 4.74 Å². The minimum atomic E-state index is -0.354. The molecule has 1 aliphatic heterocycles. The van der Waals surface area contributed by atoms with Crippen molar-refractivity contribution in [1.82, 2.24) is 0 Å². The molecule has 1 fully saturated rings. The van der Waals surface area contributed by atoms with Crippen LogP contribution in [0.25, 0.3) is 0 Å². The molecule has 0 unspecified atom stereocenters. The Kier molecular flexibility index (Phi) is 9.40. The van der Waals surface area contributed by atoms with E-state index in [1.54, 1.807) is 0 Å². The van der Waals surface area contributed by atoms with Crippen molar-refractivity contribution in [2.45, 2.75) is 90.3 Å². The summed E-state index contributed by atoms with van der Waals surface area (Å²) in [6, 6.07) is 0. The van der Waals surface area contributed by atoms with Gasteiger partial charge in [-0.05, 0) is 25.7 Å². The van der Waals surface area contributed by atoms with E-state index in [1.165, 1.54) is 19.3 Å². The second kappa shape index (κ2) is 10.8. The van der Waals surface area contributed by atoms with Crippen LogP contribution >= 0.6 is 0 Å². The van der Waals surface area contributed by atoms with Crippen LogP contribution < -0.4 is 0 Å². The summed E-state index contributed by atoms with van der Waals surface area (Å²) < 4.78 is 5.21. The summed E-state index contributed by atoms with van der Waals surface area (Å²) in [5.74, 6) is -0.0290. The summed E-state index contributed by atoms with van der Waals surface area (Å²) in [4.78, 5) is 11.5. The number of esters is 1. The van der Waals surface area contributed by atoms with E-state index in [2.05, 4.69) is 26.0 Å². The van der Waals surface area contributed by atoms with Crippen molar-refractivity contribution in [1.29, 1.82) is 0 Å². The Hall–Kier alpha value is -0.830. The fraction of sp³-hybridized carbons (Fsp3) is 0.833. The monoisotopic (exact) mass is 296 g/mol. The molecule has 1 saturated heterocycles. The standard InChI is InChI=1S/C18H32O3/c1-3-5-7-9-10-12-15(19)14-17-16(18(20)21-17)13-11-8-6-4-2/h7,9,15-17,19H,3-6,8,10-14H2,1-2H3/b9-7+/t15-,16+,17+/m1/s1. The van der Waals surface area contributed by atoms with E-state index in [9.17, 15) is 9.90 Å². The molecule has 0 bridgehead atoms. The number of unbranched alkanes of at least 4 members (excludes halogenated alkanes) is 4. The van der Waals surface area contributed by atoms with Crippen molar-refractivity contribution in [3.63, 3.8) is 0 Å². The number of aliphatic hydroxyl groups excluding tert-OH is 1. The van der Waals surface area contributed by atoms with E-state index in [1.807, 2.05) is 0 Å². The lowest BCUT2D eigenvalue weighted by Crippen LogP contribution is -2.46. The van der Waals surface area contributed by atoms with Gasteiger partial charge in [-0.25, -0.2) is 0 Å². The zero-order valence-electron chi connectivity index (χ0n) is 13.7. The molecule has 0 aliphatic carbocycles. The smallest absolute Gasteiger partial charge is 0.313 e. The predicted molar refractivity (Wildman–Crippen MR) is 86.0 cm³/mol. The first-order valence-electron chi connectivity index (χ1n) is 8.72. The molecule has 1 heterocycles. The molecular weight excluding hydrogens is 264 g/mol. The fourth-order valence-corrected chi connectivity index (χ4v) is 2.78. The summed E-state index contributed by atoms with van der Waals surface area (Å²) in [5.41, 5.74) is 0. The Labute approximate surface area is 129 Å². The molecule has 1 aliphatic rings. The van der Waals surface area contributed by atoms with Gasteiger partial charge in [0.05, 0.1) is 12.0 Å². The predicted octanol–water partition coefficient (Wildman–Crippen LogP) is 4.39. The number of hydrogen-bond acceptors (Lipinski definition) is 3. The van der Waals surface area contributed by atoms with Crippen molar-refractivity contribution in [3.8, 4) is 0 Å². The molecule has 3 nitrogen and oxygen atoms in total. The molecule has 0 aromatic rings. The van der Waals surface area contributed by atoms with Gasteiger partial charge in [0.2, 0.25) is 0 Å². The summed E-state index contributed by atoms with van der Waals surface area (Å²) >= 11 is 0. The first-order chi connectivity index (χ1) is 10.2. The summed E-state index contributed by atoms with van der Waals surface area (Å²) in [5, 5.41) is 10.0. The van der Waals surface area contributed by atoms with Crippen LogP contribution in [0.3, 0.4) is 0 Å². The van der Waals surface area contributed by atoms with Gasteiger partial charge in [0.1, 0.15) is 6.10 Å². The van der Waals surface area contributed by atoms with Gasteiger partial charge in [-0.3, -0.25) is 4.79 Å². The quantitative estimate of drug-likeness (QED) is 0.330. The van der Waals surface area contributed by atoms with Crippen LogP contribution in [0.15, 0.2) is 12.2 Å². The molecule has 3 atom stereocenters. The number of aliphatic hydroxyl groups is 1. The fourth-order valence-electron chi connectivity index (χ4n) is 2.78. The average molecular weight is 296 g/mol. The van der Waals surface area contributed by atoms with Gasteiger partial charge < -0.3 is 9.84 Å². The molecule has 3 heteroatoms. The minimum absolute atomic E-state index is 0.0344. The lowest BCUT2D eigenvalue weighted by Gasteiger charge is -2.36. The highest BCUT2D eigenvalue weighted by Gasteiger charge is 2.42. The second-order valence-corrected chi connectivity index (χ2v) is 6.16. The van der Waals surface area contributed by atoms with Crippen molar-refractivity contribution in [2.24, 2.45) is 5.92 Å². The van der Waals surface area contributed by atoms with Crippen LogP contribution in [0.5, 0.6) is 0 Å². The van der Waals surface area contributed by atoms with Gasteiger partial charge in [0.15, 0.2) is 0 Å². The first-order valence-corrected chi connectivity index (χ1v) is 8.72. The van der Waals surface area contributed by atoms with Crippen molar-refractivity contribution in [2.75, 3.05) is 0 Å². The van der Waals surface area contributed by atoms with Gasteiger partial charge in [-0.1, -0.05) is 58.1 Å².